The van der Waals surface area contributed by atoms with Crippen LogP contribution in [0.5, 0.6) is 0 Å². The topological polar surface area (TPSA) is 107 Å². The predicted octanol–water partition coefficient (Wildman–Crippen LogP) is 1.55. The van der Waals surface area contributed by atoms with Crippen LogP contribution in [0, 0.1) is 6.92 Å². The fourth-order valence-electron chi connectivity index (χ4n) is 1.56. The van der Waals surface area contributed by atoms with Crippen LogP contribution in [0.3, 0.4) is 0 Å². The summed E-state index contributed by atoms with van der Waals surface area (Å²) < 4.78 is 5.35. The third-order valence-electron chi connectivity index (χ3n) is 2.61. The molecule has 0 atom stereocenters. The highest BCUT2D eigenvalue weighted by atomic mass is 32.1. The average Bonchev–Trinajstić information content (AvgIpc) is 2.97. The standard InChI is InChI=1S/C10H11N5O2S/c1-4-6(18-9(11)12-4)7(16)13-10-15-14-8(17-10)5-2-3-5/h5H,2-3H2,1H3,(H2,11,12)(H,13,15,16). The molecule has 18 heavy (non-hydrogen) atoms. The average molecular weight is 265 g/mol. The molecular formula is C10H11N5O2S. The van der Waals surface area contributed by atoms with Crippen molar-refractivity contribution in [3.63, 3.8) is 0 Å². The Hall–Kier alpha value is -1.96. The van der Waals surface area contributed by atoms with Crippen LogP contribution in [0.15, 0.2) is 4.42 Å². The second-order valence-corrected chi connectivity index (χ2v) is 5.17. The molecule has 94 valence electrons. The van der Waals surface area contributed by atoms with Gasteiger partial charge in [0, 0.05) is 5.92 Å². The van der Waals surface area contributed by atoms with E-state index in [1.54, 1.807) is 6.92 Å². The quantitative estimate of drug-likeness (QED) is 0.871. The maximum Gasteiger partial charge on any atom is 0.322 e. The zero-order valence-electron chi connectivity index (χ0n) is 9.64. The van der Waals surface area contributed by atoms with E-state index in [2.05, 4.69) is 20.5 Å². The first-order chi connectivity index (χ1) is 8.63. The van der Waals surface area contributed by atoms with Gasteiger partial charge in [0.1, 0.15) is 4.88 Å². The number of carbonyl (C=O) groups excluding carboxylic acids is 1. The van der Waals surface area contributed by atoms with Gasteiger partial charge in [-0.15, -0.1) is 5.10 Å². The van der Waals surface area contributed by atoms with Crippen molar-refractivity contribution in [1.82, 2.24) is 15.2 Å². The van der Waals surface area contributed by atoms with Gasteiger partial charge in [0.2, 0.25) is 5.89 Å². The number of hydrogen-bond acceptors (Lipinski definition) is 7. The number of aromatic nitrogens is 3. The Bertz CT molecular complexity index is 601. The second kappa shape index (κ2) is 4.05. The maximum atomic E-state index is 11.9. The summed E-state index contributed by atoms with van der Waals surface area (Å²) in [5, 5.41) is 10.6. The van der Waals surface area contributed by atoms with Gasteiger partial charge in [-0.05, 0) is 19.8 Å². The summed E-state index contributed by atoms with van der Waals surface area (Å²) in [6.45, 7) is 1.73. The number of hydrogen-bond donors (Lipinski definition) is 2. The van der Waals surface area contributed by atoms with Gasteiger partial charge in [-0.3, -0.25) is 10.1 Å². The molecule has 0 spiro atoms. The van der Waals surface area contributed by atoms with Crippen LogP contribution >= 0.6 is 11.3 Å². The molecule has 1 aliphatic carbocycles. The number of thiazole rings is 1. The van der Waals surface area contributed by atoms with Gasteiger partial charge in [-0.1, -0.05) is 16.4 Å². The number of anilines is 2. The van der Waals surface area contributed by atoms with E-state index in [1.807, 2.05) is 0 Å². The molecule has 0 aliphatic heterocycles. The summed E-state index contributed by atoms with van der Waals surface area (Å²) in [6.07, 6.45) is 2.14. The molecule has 2 aromatic rings. The monoisotopic (exact) mass is 265 g/mol. The van der Waals surface area contributed by atoms with Crippen molar-refractivity contribution >= 4 is 28.4 Å². The Morgan fingerprint density at radius 2 is 2.28 bits per heavy atom. The Kier molecular flexibility index (Phi) is 2.51. The molecule has 0 aromatic carbocycles. The Labute approximate surface area is 106 Å². The van der Waals surface area contributed by atoms with Gasteiger partial charge in [0.25, 0.3) is 5.91 Å². The van der Waals surface area contributed by atoms with E-state index < -0.39 is 0 Å². The highest BCUT2D eigenvalue weighted by Gasteiger charge is 2.29. The number of nitrogen functional groups attached to an aromatic ring is 1. The van der Waals surface area contributed by atoms with Crippen molar-refractivity contribution in [2.75, 3.05) is 11.1 Å². The number of nitrogens with zero attached hydrogens (tertiary/aromatic N) is 3. The number of rotatable bonds is 3. The minimum atomic E-state index is -0.326. The van der Waals surface area contributed by atoms with Crippen LogP contribution < -0.4 is 11.1 Å². The SMILES string of the molecule is Cc1nc(N)sc1C(=O)Nc1nnc(C2CC2)o1. The molecular weight excluding hydrogens is 254 g/mol. The van der Waals surface area contributed by atoms with Crippen molar-refractivity contribution < 1.29 is 9.21 Å². The molecule has 2 heterocycles. The van der Waals surface area contributed by atoms with Crippen molar-refractivity contribution in [3.05, 3.63) is 16.5 Å². The lowest BCUT2D eigenvalue weighted by molar-refractivity contribution is 0.102. The van der Waals surface area contributed by atoms with Crippen molar-refractivity contribution in [2.24, 2.45) is 0 Å². The van der Waals surface area contributed by atoms with Crippen molar-refractivity contribution in [3.8, 4) is 0 Å². The summed E-state index contributed by atoms with van der Waals surface area (Å²) in [4.78, 5) is 16.4. The zero-order chi connectivity index (χ0) is 12.7. The molecule has 3 N–H and O–H groups in total. The molecule has 1 aliphatic rings. The first-order valence-corrected chi connectivity index (χ1v) is 6.33. The van der Waals surface area contributed by atoms with Gasteiger partial charge >= 0.3 is 6.01 Å². The van der Waals surface area contributed by atoms with E-state index in [1.165, 1.54) is 0 Å². The Balaban J connectivity index is 1.74. The van der Waals surface area contributed by atoms with E-state index in [0.717, 1.165) is 24.2 Å². The Morgan fingerprint density at radius 1 is 1.50 bits per heavy atom. The van der Waals surface area contributed by atoms with Gasteiger partial charge in [0.05, 0.1) is 5.69 Å². The molecule has 1 fully saturated rings. The van der Waals surface area contributed by atoms with E-state index >= 15 is 0 Å². The first kappa shape index (κ1) is 11.1. The minimum Gasteiger partial charge on any atom is -0.408 e. The lowest BCUT2D eigenvalue weighted by atomic mass is 10.4. The molecule has 7 nitrogen and oxygen atoms in total. The first-order valence-electron chi connectivity index (χ1n) is 5.51. The minimum absolute atomic E-state index is 0.119. The van der Waals surface area contributed by atoms with Crippen LogP contribution in [0.1, 0.15) is 40.0 Å². The zero-order valence-corrected chi connectivity index (χ0v) is 10.5. The molecule has 1 amide bonds. The highest BCUT2D eigenvalue weighted by Crippen LogP contribution is 2.39. The lowest BCUT2D eigenvalue weighted by Gasteiger charge is -1.97. The fraction of sp³-hybridized carbons (Fsp3) is 0.400. The van der Waals surface area contributed by atoms with Gasteiger partial charge < -0.3 is 10.2 Å². The van der Waals surface area contributed by atoms with E-state index in [4.69, 9.17) is 10.2 Å². The van der Waals surface area contributed by atoms with Crippen LogP contribution in [0.4, 0.5) is 11.1 Å². The number of nitrogens with one attached hydrogen (secondary N) is 1. The summed E-state index contributed by atoms with van der Waals surface area (Å²) in [7, 11) is 0. The maximum absolute atomic E-state index is 11.9. The smallest absolute Gasteiger partial charge is 0.322 e. The summed E-state index contributed by atoms with van der Waals surface area (Å²) >= 11 is 1.13. The molecule has 0 saturated heterocycles. The van der Waals surface area contributed by atoms with Crippen LogP contribution in [-0.4, -0.2) is 21.1 Å². The molecule has 8 heteroatoms. The molecule has 3 rings (SSSR count). The molecule has 0 radical (unpaired) electrons. The van der Waals surface area contributed by atoms with Gasteiger partial charge in [0.15, 0.2) is 5.13 Å². The number of carbonyl (C=O) groups is 1. The highest BCUT2D eigenvalue weighted by molar-refractivity contribution is 7.17. The number of amides is 1. The fourth-order valence-corrected chi connectivity index (χ4v) is 2.29. The summed E-state index contributed by atoms with van der Waals surface area (Å²) in [5.74, 6) is 0.627. The molecule has 2 aromatic heterocycles. The second-order valence-electron chi connectivity index (χ2n) is 4.14. The van der Waals surface area contributed by atoms with E-state index in [0.29, 0.717) is 27.5 Å². The van der Waals surface area contributed by atoms with Crippen molar-refractivity contribution in [1.29, 1.82) is 0 Å². The largest absolute Gasteiger partial charge is 0.408 e. The summed E-state index contributed by atoms with van der Waals surface area (Å²) in [6, 6.07) is 0.119. The van der Waals surface area contributed by atoms with Crippen LogP contribution in [0.2, 0.25) is 0 Å². The molecule has 0 bridgehead atoms. The molecule has 1 saturated carbocycles. The number of nitrogens with two attached hydrogens (primary N) is 1. The van der Waals surface area contributed by atoms with Gasteiger partial charge in [-0.25, -0.2) is 4.98 Å². The van der Waals surface area contributed by atoms with Gasteiger partial charge in [-0.2, -0.15) is 0 Å². The molecule has 0 unspecified atom stereocenters. The van der Waals surface area contributed by atoms with Crippen molar-refractivity contribution in [2.45, 2.75) is 25.7 Å². The third kappa shape index (κ3) is 2.06. The third-order valence-corrected chi connectivity index (χ3v) is 3.59. The Morgan fingerprint density at radius 3 is 2.89 bits per heavy atom. The summed E-state index contributed by atoms with van der Waals surface area (Å²) in [5.41, 5.74) is 6.13. The lowest BCUT2D eigenvalue weighted by Crippen LogP contribution is -2.11. The van der Waals surface area contributed by atoms with Crippen LogP contribution in [-0.2, 0) is 0 Å². The normalized spacial score (nSPS) is 14.7. The number of aryl methyl sites for hydroxylation is 1. The predicted molar refractivity (Wildman–Crippen MR) is 65.5 cm³/mol. The van der Waals surface area contributed by atoms with Crippen LogP contribution in [0.25, 0.3) is 0 Å². The van der Waals surface area contributed by atoms with E-state index in [-0.39, 0.29) is 11.9 Å². The van der Waals surface area contributed by atoms with E-state index in [9.17, 15) is 4.79 Å².